The molecular formula is C8H16F3NO2. The van der Waals surface area contributed by atoms with Gasteiger partial charge in [-0.25, -0.2) is 0 Å². The highest BCUT2D eigenvalue weighted by atomic mass is 19.4. The molecule has 0 bridgehead atoms. The van der Waals surface area contributed by atoms with Crippen LogP contribution in [0.3, 0.4) is 0 Å². The summed E-state index contributed by atoms with van der Waals surface area (Å²) < 4.78 is 40.1. The van der Waals surface area contributed by atoms with Crippen LogP contribution in [-0.2, 0) is 4.74 Å². The Bertz CT molecular complexity index is 141. The monoisotopic (exact) mass is 215 g/mol. The van der Waals surface area contributed by atoms with Gasteiger partial charge in [-0.2, -0.15) is 13.2 Å². The van der Waals surface area contributed by atoms with Crippen molar-refractivity contribution in [1.29, 1.82) is 0 Å². The van der Waals surface area contributed by atoms with Crippen LogP contribution in [0.5, 0.6) is 0 Å². The molecule has 6 heteroatoms. The molecule has 0 radical (unpaired) electrons. The number of aliphatic hydroxyl groups excluding tert-OH is 1. The highest BCUT2D eigenvalue weighted by Gasteiger charge is 2.27. The second-order valence-corrected chi connectivity index (χ2v) is 3.04. The molecule has 14 heavy (non-hydrogen) atoms. The van der Waals surface area contributed by atoms with Crippen LogP contribution in [0.2, 0.25) is 0 Å². The topological polar surface area (TPSA) is 55.5 Å². The van der Waals surface area contributed by atoms with Crippen molar-refractivity contribution in [3.05, 3.63) is 0 Å². The maximum absolute atomic E-state index is 11.7. The van der Waals surface area contributed by atoms with Gasteiger partial charge in [0.15, 0.2) is 0 Å². The molecule has 0 fully saturated rings. The van der Waals surface area contributed by atoms with Crippen molar-refractivity contribution in [2.75, 3.05) is 19.8 Å². The molecule has 0 spiro atoms. The van der Waals surface area contributed by atoms with E-state index in [1.807, 2.05) is 0 Å². The summed E-state index contributed by atoms with van der Waals surface area (Å²) in [6.45, 7) is 0.406. The molecule has 0 saturated carbocycles. The smallest absolute Gasteiger partial charge is 0.389 e. The number of ether oxygens (including phenoxy) is 1. The van der Waals surface area contributed by atoms with Gasteiger partial charge < -0.3 is 15.6 Å². The lowest BCUT2D eigenvalue weighted by Gasteiger charge is -2.12. The molecule has 0 rings (SSSR count). The van der Waals surface area contributed by atoms with Gasteiger partial charge in [-0.15, -0.1) is 0 Å². The third-order valence-electron chi connectivity index (χ3n) is 1.67. The average molecular weight is 215 g/mol. The van der Waals surface area contributed by atoms with E-state index in [-0.39, 0.29) is 19.6 Å². The van der Waals surface area contributed by atoms with Crippen molar-refractivity contribution in [3.8, 4) is 0 Å². The quantitative estimate of drug-likeness (QED) is 0.624. The molecule has 3 N–H and O–H groups in total. The van der Waals surface area contributed by atoms with Crippen molar-refractivity contribution in [2.45, 2.75) is 31.5 Å². The van der Waals surface area contributed by atoms with Gasteiger partial charge in [-0.1, -0.05) is 0 Å². The third kappa shape index (κ3) is 9.76. The molecule has 0 aromatic carbocycles. The van der Waals surface area contributed by atoms with E-state index < -0.39 is 18.6 Å². The van der Waals surface area contributed by atoms with E-state index in [2.05, 4.69) is 0 Å². The first kappa shape index (κ1) is 13.7. The van der Waals surface area contributed by atoms with Gasteiger partial charge in [0, 0.05) is 19.1 Å². The maximum atomic E-state index is 11.7. The summed E-state index contributed by atoms with van der Waals surface area (Å²) in [7, 11) is 0. The Balaban J connectivity index is 3.32. The number of rotatable bonds is 7. The van der Waals surface area contributed by atoms with Crippen LogP contribution in [0.4, 0.5) is 13.2 Å². The number of hydrogen-bond donors (Lipinski definition) is 2. The lowest BCUT2D eigenvalue weighted by Crippen LogP contribution is -2.24. The Morgan fingerprint density at radius 2 is 1.86 bits per heavy atom. The zero-order chi connectivity index (χ0) is 11.0. The molecule has 0 aromatic heterocycles. The zero-order valence-electron chi connectivity index (χ0n) is 7.89. The van der Waals surface area contributed by atoms with Crippen molar-refractivity contribution < 1.29 is 23.0 Å². The molecular weight excluding hydrogens is 199 g/mol. The molecule has 0 aliphatic rings. The fourth-order valence-corrected chi connectivity index (χ4v) is 0.895. The Hall–Kier alpha value is -0.330. The van der Waals surface area contributed by atoms with Crippen LogP contribution < -0.4 is 5.73 Å². The van der Waals surface area contributed by atoms with Gasteiger partial charge in [-0.3, -0.25) is 0 Å². The Kier molecular flexibility index (Phi) is 6.86. The molecule has 0 aromatic rings. The number of hydrogen-bond acceptors (Lipinski definition) is 3. The third-order valence-corrected chi connectivity index (χ3v) is 1.67. The molecule has 0 aliphatic carbocycles. The van der Waals surface area contributed by atoms with E-state index in [9.17, 15) is 13.2 Å². The largest absolute Gasteiger partial charge is 0.394 e. The summed E-state index contributed by atoms with van der Waals surface area (Å²) >= 11 is 0. The lowest BCUT2D eigenvalue weighted by atomic mass is 10.1. The summed E-state index contributed by atoms with van der Waals surface area (Å²) in [6.07, 6.45) is -4.68. The van der Waals surface area contributed by atoms with Gasteiger partial charge in [0.1, 0.15) is 0 Å². The number of nitrogens with two attached hydrogens (primary N) is 1. The van der Waals surface area contributed by atoms with Crippen molar-refractivity contribution in [2.24, 2.45) is 5.73 Å². The van der Waals surface area contributed by atoms with E-state index in [4.69, 9.17) is 15.6 Å². The second-order valence-electron chi connectivity index (χ2n) is 3.04. The molecule has 3 nitrogen and oxygen atoms in total. The van der Waals surface area contributed by atoms with Crippen LogP contribution >= 0.6 is 0 Å². The maximum Gasteiger partial charge on any atom is 0.389 e. The minimum atomic E-state index is -4.14. The highest BCUT2D eigenvalue weighted by molar-refractivity contribution is 4.63. The van der Waals surface area contributed by atoms with Gasteiger partial charge >= 0.3 is 6.18 Å². The van der Waals surface area contributed by atoms with Crippen molar-refractivity contribution in [1.82, 2.24) is 0 Å². The van der Waals surface area contributed by atoms with Gasteiger partial charge in [0.2, 0.25) is 0 Å². The number of halogens is 3. The fourth-order valence-electron chi connectivity index (χ4n) is 0.895. The summed E-state index contributed by atoms with van der Waals surface area (Å²) in [5.74, 6) is 0. The van der Waals surface area contributed by atoms with E-state index in [1.54, 1.807) is 0 Å². The van der Waals surface area contributed by atoms with E-state index in [0.29, 0.717) is 13.0 Å². The van der Waals surface area contributed by atoms with E-state index >= 15 is 0 Å². The Morgan fingerprint density at radius 3 is 2.36 bits per heavy atom. The predicted molar refractivity (Wildman–Crippen MR) is 45.8 cm³/mol. The summed E-state index contributed by atoms with van der Waals surface area (Å²) in [6, 6.07) is -0.490. The fraction of sp³-hybridized carbons (Fsp3) is 1.00. The first-order valence-corrected chi connectivity index (χ1v) is 4.46. The predicted octanol–water partition coefficient (Wildman–Crippen LogP) is 1.06. The summed E-state index contributed by atoms with van der Waals surface area (Å²) in [4.78, 5) is 0. The first-order chi connectivity index (χ1) is 6.45. The van der Waals surface area contributed by atoms with Crippen LogP contribution in [0.25, 0.3) is 0 Å². The Labute approximate surface area is 81.0 Å². The summed E-state index contributed by atoms with van der Waals surface area (Å²) in [5, 5.41) is 8.34. The van der Waals surface area contributed by atoms with Crippen molar-refractivity contribution >= 4 is 0 Å². The molecule has 86 valence electrons. The van der Waals surface area contributed by atoms with Crippen molar-refractivity contribution in [3.63, 3.8) is 0 Å². The number of alkyl halides is 3. The average Bonchev–Trinajstić information content (AvgIpc) is 2.08. The molecule has 0 amide bonds. The summed E-state index contributed by atoms with van der Waals surface area (Å²) in [5.41, 5.74) is 5.42. The van der Waals surface area contributed by atoms with Crippen LogP contribution in [-0.4, -0.2) is 37.1 Å². The van der Waals surface area contributed by atoms with Crippen LogP contribution in [0, 0.1) is 0 Å². The molecule has 0 heterocycles. The van der Waals surface area contributed by atoms with E-state index in [0.717, 1.165) is 0 Å². The molecule has 1 atom stereocenters. The normalized spacial score (nSPS) is 14.4. The SMILES string of the molecule is NC(CCOCCO)CCC(F)(F)F. The standard InChI is InChI=1S/C8H16F3NO2/c9-8(10,11)3-1-7(12)2-5-14-6-4-13/h7,13H,1-6,12H2. The second kappa shape index (κ2) is 7.03. The minimum absolute atomic E-state index is 0.0774. The first-order valence-electron chi connectivity index (χ1n) is 4.46. The van der Waals surface area contributed by atoms with E-state index in [1.165, 1.54) is 0 Å². The highest BCUT2D eigenvalue weighted by Crippen LogP contribution is 2.22. The van der Waals surface area contributed by atoms with Gasteiger partial charge in [0.05, 0.1) is 13.2 Å². The molecule has 1 unspecified atom stereocenters. The molecule has 0 aliphatic heterocycles. The zero-order valence-corrected chi connectivity index (χ0v) is 7.89. The Morgan fingerprint density at radius 1 is 1.21 bits per heavy atom. The van der Waals surface area contributed by atoms with Gasteiger partial charge in [0.25, 0.3) is 0 Å². The van der Waals surface area contributed by atoms with Gasteiger partial charge in [-0.05, 0) is 12.8 Å². The van der Waals surface area contributed by atoms with Crippen LogP contribution in [0.15, 0.2) is 0 Å². The number of aliphatic hydroxyl groups is 1. The minimum Gasteiger partial charge on any atom is -0.394 e. The lowest BCUT2D eigenvalue weighted by molar-refractivity contribution is -0.136. The molecule has 0 saturated heterocycles. The van der Waals surface area contributed by atoms with Crippen LogP contribution in [0.1, 0.15) is 19.3 Å².